The second-order valence-electron chi connectivity index (χ2n) is 5.14. The fraction of sp³-hybridized carbons (Fsp3) is 1.00. The number of hydrogen-bond acceptors (Lipinski definition) is 4. The SMILES string of the molecule is CC.CN1CCN(CCC2COCCN2C)CC1. The second-order valence-corrected chi connectivity index (χ2v) is 5.14. The Kier molecular flexibility index (Phi) is 7.82. The Morgan fingerprint density at radius 3 is 2.28 bits per heavy atom. The van der Waals surface area contributed by atoms with Crippen LogP contribution in [0, 0.1) is 0 Å². The van der Waals surface area contributed by atoms with Gasteiger partial charge in [0.2, 0.25) is 0 Å². The van der Waals surface area contributed by atoms with E-state index in [0.717, 1.165) is 19.8 Å². The van der Waals surface area contributed by atoms with Crippen molar-refractivity contribution in [2.45, 2.75) is 26.3 Å². The molecule has 2 rings (SSSR count). The molecule has 0 saturated carbocycles. The summed E-state index contributed by atoms with van der Waals surface area (Å²) in [5.41, 5.74) is 0. The number of morpholine rings is 1. The molecule has 2 heterocycles. The molecular weight excluding hydrogens is 226 g/mol. The van der Waals surface area contributed by atoms with Gasteiger partial charge in [-0.05, 0) is 27.1 Å². The van der Waals surface area contributed by atoms with E-state index in [4.69, 9.17) is 4.74 Å². The summed E-state index contributed by atoms with van der Waals surface area (Å²) in [6.07, 6.45) is 1.25. The number of likely N-dealkylation sites (N-methyl/N-ethyl adjacent to an activating group) is 2. The van der Waals surface area contributed by atoms with Crippen LogP contribution in [0.5, 0.6) is 0 Å². The first-order valence-electron chi connectivity index (χ1n) is 7.44. The molecule has 0 radical (unpaired) electrons. The highest BCUT2D eigenvalue weighted by Crippen LogP contribution is 2.09. The van der Waals surface area contributed by atoms with Crippen molar-refractivity contribution in [1.29, 1.82) is 0 Å². The predicted molar refractivity (Wildman–Crippen MR) is 77.1 cm³/mol. The van der Waals surface area contributed by atoms with Crippen LogP contribution in [-0.2, 0) is 4.74 Å². The molecule has 1 atom stereocenters. The minimum atomic E-state index is 0.633. The van der Waals surface area contributed by atoms with Gasteiger partial charge in [-0.25, -0.2) is 0 Å². The molecule has 0 spiro atoms. The van der Waals surface area contributed by atoms with Crippen LogP contribution >= 0.6 is 0 Å². The summed E-state index contributed by atoms with van der Waals surface area (Å²) < 4.78 is 5.54. The maximum absolute atomic E-state index is 5.54. The van der Waals surface area contributed by atoms with E-state index < -0.39 is 0 Å². The summed E-state index contributed by atoms with van der Waals surface area (Å²) in [5.74, 6) is 0. The van der Waals surface area contributed by atoms with Crippen LogP contribution in [0.4, 0.5) is 0 Å². The quantitative estimate of drug-likeness (QED) is 0.750. The molecule has 108 valence electrons. The van der Waals surface area contributed by atoms with Gasteiger partial charge < -0.3 is 14.5 Å². The molecule has 0 aliphatic carbocycles. The predicted octanol–water partition coefficient (Wildman–Crippen LogP) is 0.981. The second kappa shape index (κ2) is 8.86. The molecular formula is C14H31N3O. The van der Waals surface area contributed by atoms with Crippen molar-refractivity contribution in [1.82, 2.24) is 14.7 Å². The fourth-order valence-electron chi connectivity index (χ4n) is 2.44. The zero-order valence-corrected chi connectivity index (χ0v) is 12.7. The Labute approximate surface area is 113 Å². The Hall–Kier alpha value is -0.160. The number of ether oxygens (including phenoxy) is 1. The summed E-state index contributed by atoms with van der Waals surface area (Å²) in [6.45, 7) is 13.0. The highest BCUT2D eigenvalue weighted by atomic mass is 16.5. The van der Waals surface area contributed by atoms with Gasteiger partial charge in [-0.3, -0.25) is 4.90 Å². The number of piperazine rings is 1. The summed E-state index contributed by atoms with van der Waals surface area (Å²) in [7, 11) is 4.43. The monoisotopic (exact) mass is 257 g/mol. The third-order valence-corrected chi connectivity index (χ3v) is 3.90. The van der Waals surface area contributed by atoms with Crippen molar-refractivity contribution in [2.75, 3.05) is 66.6 Å². The summed E-state index contributed by atoms with van der Waals surface area (Å²) in [4.78, 5) is 7.44. The van der Waals surface area contributed by atoms with Crippen LogP contribution in [-0.4, -0.2) is 87.3 Å². The highest BCUT2D eigenvalue weighted by Gasteiger charge is 2.21. The van der Waals surface area contributed by atoms with Gasteiger partial charge in [-0.15, -0.1) is 0 Å². The molecule has 2 saturated heterocycles. The molecule has 2 aliphatic rings. The Morgan fingerprint density at radius 2 is 1.67 bits per heavy atom. The van der Waals surface area contributed by atoms with Crippen LogP contribution in [0.15, 0.2) is 0 Å². The van der Waals surface area contributed by atoms with E-state index in [1.54, 1.807) is 0 Å². The molecule has 2 fully saturated rings. The van der Waals surface area contributed by atoms with Crippen molar-refractivity contribution in [3.05, 3.63) is 0 Å². The van der Waals surface area contributed by atoms with Crippen LogP contribution in [0.25, 0.3) is 0 Å². The molecule has 4 heteroatoms. The van der Waals surface area contributed by atoms with Gasteiger partial charge in [-0.1, -0.05) is 13.8 Å². The third-order valence-electron chi connectivity index (χ3n) is 3.90. The lowest BCUT2D eigenvalue weighted by atomic mass is 10.1. The average molecular weight is 257 g/mol. The lowest BCUT2D eigenvalue weighted by Gasteiger charge is -2.36. The van der Waals surface area contributed by atoms with E-state index in [0.29, 0.717) is 6.04 Å². The smallest absolute Gasteiger partial charge is 0.0622 e. The minimum Gasteiger partial charge on any atom is -0.378 e. The van der Waals surface area contributed by atoms with Crippen LogP contribution in [0.2, 0.25) is 0 Å². The lowest BCUT2D eigenvalue weighted by molar-refractivity contribution is -0.00179. The lowest BCUT2D eigenvalue weighted by Crippen LogP contribution is -2.48. The van der Waals surface area contributed by atoms with Crippen molar-refractivity contribution < 1.29 is 4.74 Å². The average Bonchev–Trinajstić information content (AvgIpc) is 2.42. The van der Waals surface area contributed by atoms with E-state index in [-0.39, 0.29) is 0 Å². The first kappa shape index (κ1) is 15.9. The maximum atomic E-state index is 5.54. The molecule has 0 aromatic rings. The van der Waals surface area contributed by atoms with Gasteiger partial charge >= 0.3 is 0 Å². The van der Waals surface area contributed by atoms with E-state index in [9.17, 15) is 0 Å². The minimum absolute atomic E-state index is 0.633. The summed E-state index contributed by atoms with van der Waals surface area (Å²) >= 11 is 0. The van der Waals surface area contributed by atoms with Gasteiger partial charge in [0.25, 0.3) is 0 Å². The topological polar surface area (TPSA) is 19.0 Å². The van der Waals surface area contributed by atoms with E-state index in [1.165, 1.54) is 39.1 Å². The van der Waals surface area contributed by atoms with Crippen molar-refractivity contribution in [3.63, 3.8) is 0 Å². The Balaban J connectivity index is 0.000000771. The third kappa shape index (κ3) is 5.22. The first-order chi connectivity index (χ1) is 8.75. The number of hydrogen-bond donors (Lipinski definition) is 0. The van der Waals surface area contributed by atoms with Gasteiger partial charge in [0, 0.05) is 38.8 Å². The maximum Gasteiger partial charge on any atom is 0.0622 e. The first-order valence-corrected chi connectivity index (χ1v) is 7.44. The van der Waals surface area contributed by atoms with E-state index in [1.807, 2.05) is 13.8 Å². The molecule has 1 unspecified atom stereocenters. The van der Waals surface area contributed by atoms with Crippen molar-refractivity contribution in [3.8, 4) is 0 Å². The Morgan fingerprint density at radius 1 is 1.00 bits per heavy atom. The zero-order chi connectivity index (χ0) is 13.4. The van der Waals surface area contributed by atoms with Gasteiger partial charge in [0.1, 0.15) is 0 Å². The summed E-state index contributed by atoms with van der Waals surface area (Å²) in [6, 6.07) is 0.633. The molecule has 2 aliphatic heterocycles. The standard InChI is InChI=1S/C12H25N3O.C2H6/c1-13-5-7-15(8-6-13)4-3-12-11-16-10-9-14(12)2;1-2/h12H,3-11H2,1-2H3;1-2H3. The van der Waals surface area contributed by atoms with Gasteiger partial charge in [0.15, 0.2) is 0 Å². The van der Waals surface area contributed by atoms with Crippen LogP contribution in [0.3, 0.4) is 0 Å². The van der Waals surface area contributed by atoms with Crippen LogP contribution < -0.4 is 0 Å². The fourth-order valence-corrected chi connectivity index (χ4v) is 2.44. The molecule has 0 bridgehead atoms. The molecule has 0 aromatic heterocycles. The zero-order valence-electron chi connectivity index (χ0n) is 12.7. The normalized spacial score (nSPS) is 27.7. The van der Waals surface area contributed by atoms with Crippen LogP contribution in [0.1, 0.15) is 20.3 Å². The molecule has 0 N–H and O–H groups in total. The number of nitrogens with zero attached hydrogens (tertiary/aromatic N) is 3. The van der Waals surface area contributed by atoms with Gasteiger partial charge in [0.05, 0.1) is 13.2 Å². The molecule has 4 nitrogen and oxygen atoms in total. The largest absolute Gasteiger partial charge is 0.378 e. The van der Waals surface area contributed by atoms with E-state index >= 15 is 0 Å². The Bertz CT molecular complexity index is 205. The molecule has 0 amide bonds. The van der Waals surface area contributed by atoms with Crippen molar-refractivity contribution >= 4 is 0 Å². The molecule has 0 aromatic carbocycles. The highest BCUT2D eigenvalue weighted by molar-refractivity contribution is 4.76. The van der Waals surface area contributed by atoms with Gasteiger partial charge in [-0.2, -0.15) is 0 Å². The summed E-state index contributed by atoms with van der Waals surface area (Å²) in [5, 5.41) is 0. The number of rotatable bonds is 3. The van der Waals surface area contributed by atoms with Crippen molar-refractivity contribution in [2.24, 2.45) is 0 Å². The van der Waals surface area contributed by atoms with E-state index in [2.05, 4.69) is 28.8 Å². The molecule has 18 heavy (non-hydrogen) atoms.